The van der Waals surface area contributed by atoms with Crippen LogP contribution in [0.2, 0.25) is 0 Å². The number of aromatic nitrogens is 1. The lowest BCUT2D eigenvalue weighted by Gasteiger charge is -2.17. The Balaban J connectivity index is 1.96. The van der Waals surface area contributed by atoms with E-state index in [1.807, 2.05) is 78.9 Å². The molecule has 0 bridgehead atoms. The van der Waals surface area contributed by atoms with Gasteiger partial charge in [-0.25, -0.2) is 4.98 Å². The molecule has 0 radical (unpaired) electrons. The number of ether oxygens (including phenoxy) is 1. The molecule has 0 amide bonds. The molecular weight excluding hydrogens is 374 g/mol. The standard InChI is InChI=1S/C26H23NO3/c1-2-16-30-20-14-12-19(13-15-20)26-22(17-24(28)29)25(18-8-4-3-5-9-18)21-10-6-7-11-23(21)27-26/h3-15H,2,16-17H2,1H3,(H,28,29). The van der Waals surface area contributed by atoms with Crippen molar-refractivity contribution in [1.29, 1.82) is 0 Å². The zero-order chi connectivity index (χ0) is 20.9. The summed E-state index contributed by atoms with van der Waals surface area (Å²) in [6.07, 6.45) is 0.836. The van der Waals surface area contributed by atoms with Crippen LogP contribution in [-0.4, -0.2) is 22.7 Å². The van der Waals surface area contributed by atoms with E-state index < -0.39 is 5.97 Å². The molecule has 0 saturated carbocycles. The molecule has 3 aromatic carbocycles. The van der Waals surface area contributed by atoms with Gasteiger partial charge in [-0.05, 0) is 53.4 Å². The Morgan fingerprint density at radius 1 is 0.900 bits per heavy atom. The smallest absolute Gasteiger partial charge is 0.307 e. The van der Waals surface area contributed by atoms with E-state index >= 15 is 0 Å². The summed E-state index contributed by atoms with van der Waals surface area (Å²) in [6, 6.07) is 25.5. The zero-order valence-corrected chi connectivity index (χ0v) is 16.8. The average Bonchev–Trinajstić information content (AvgIpc) is 2.78. The Labute approximate surface area is 175 Å². The minimum absolute atomic E-state index is 0.106. The van der Waals surface area contributed by atoms with Crippen LogP contribution in [0.3, 0.4) is 0 Å². The van der Waals surface area contributed by atoms with Gasteiger partial charge in [0, 0.05) is 10.9 Å². The molecule has 4 heteroatoms. The molecule has 0 aliphatic carbocycles. The second-order valence-electron chi connectivity index (χ2n) is 7.14. The lowest BCUT2D eigenvalue weighted by Crippen LogP contribution is -2.06. The molecule has 0 aliphatic heterocycles. The first-order valence-corrected chi connectivity index (χ1v) is 10.1. The fourth-order valence-corrected chi connectivity index (χ4v) is 3.68. The quantitative estimate of drug-likeness (QED) is 0.416. The van der Waals surface area contributed by atoms with Crippen LogP contribution >= 0.6 is 0 Å². The summed E-state index contributed by atoms with van der Waals surface area (Å²) in [7, 11) is 0. The van der Waals surface area contributed by atoms with E-state index in [-0.39, 0.29) is 6.42 Å². The number of carbonyl (C=O) groups is 1. The van der Waals surface area contributed by atoms with Crippen LogP contribution in [-0.2, 0) is 11.2 Å². The van der Waals surface area contributed by atoms with Gasteiger partial charge in [-0.1, -0.05) is 55.5 Å². The minimum Gasteiger partial charge on any atom is -0.494 e. The van der Waals surface area contributed by atoms with Gasteiger partial charge in [0.2, 0.25) is 0 Å². The first-order chi connectivity index (χ1) is 14.7. The van der Waals surface area contributed by atoms with Crippen molar-refractivity contribution in [2.45, 2.75) is 19.8 Å². The van der Waals surface area contributed by atoms with E-state index in [1.54, 1.807) is 0 Å². The molecule has 4 rings (SSSR count). The first-order valence-electron chi connectivity index (χ1n) is 10.1. The highest BCUT2D eigenvalue weighted by Crippen LogP contribution is 2.37. The summed E-state index contributed by atoms with van der Waals surface area (Å²) in [5.74, 6) is -0.0853. The fourth-order valence-electron chi connectivity index (χ4n) is 3.68. The van der Waals surface area contributed by atoms with Crippen LogP contribution in [0.25, 0.3) is 33.3 Å². The Hall–Kier alpha value is -3.66. The van der Waals surface area contributed by atoms with Crippen LogP contribution in [0.5, 0.6) is 5.75 Å². The second-order valence-corrected chi connectivity index (χ2v) is 7.14. The van der Waals surface area contributed by atoms with E-state index in [9.17, 15) is 9.90 Å². The fraction of sp³-hybridized carbons (Fsp3) is 0.154. The number of hydrogen-bond acceptors (Lipinski definition) is 3. The maximum absolute atomic E-state index is 11.8. The predicted molar refractivity (Wildman–Crippen MR) is 120 cm³/mol. The Bertz CT molecular complexity index is 1170. The zero-order valence-electron chi connectivity index (χ0n) is 16.8. The molecule has 0 unspecified atom stereocenters. The van der Waals surface area contributed by atoms with Gasteiger partial charge in [0.15, 0.2) is 0 Å². The molecule has 0 aliphatic rings. The lowest BCUT2D eigenvalue weighted by atomic mass is 9.90. The molecule has 0 spiro atoms. The van der Waals surface area contributed by atoms with Crippen molar-refractivity contribution in [1.82, 2.24) is 4.98 Å². The molecule has 0 fully saturated rings. The number of hydrogen-bond donors (Lipinski definition) is 1. The van der Waals surface area contributed by atoms with Gasteiger partial charge in [0.05, 0.1) is 24.2 Å². The highest BCUT2D eigenvalue weighted by atomic mass is 16.5. The molecule has 0 saturated heterocycles. The minimum atomic E-state index is -0.881. The van der Waals surface area contributed by atoms with Crippen molar-refractivity contribution in [3.63, 3.8) is 0 Å². The number of carboxylic acid groups (broad SMARTS) is 1. The van der Waals surface area contributed by atoms with Crippen LogP contribution in [0, 0.1) is 0 Å². The summed E-state index contributed by atoms with van der Waals surface area (Å²) in [6.45, 7) is 2.73. The van der Waals surface area contributed by atoms with E-state index in [4.69, 9.17) is 9.72 Å². The summed E-state index contributed by atoms with van der Waals surface area (Å²) in [5.41, 5.74) is 5.03. The van der Waals surface area contributed by atoms with E-state index in [0.29, 0.717) is 12.3 Å². The highest BCUT2D eigenvalue weighted by molar-refractivity contribution is 6.00. The maximum atomic E-state index is 11.8. The van der Waals surface area contributed by atoms with Gasteiger partial charge in [-0.15, -0.1) is 0 Å². The van der Waals surface area contributed by atoms with Crippen LogP contribution in [0.1, 0.15) is 18.9 Å². The Morgan fingerprint density at radius 3 is 2.30 bits per heavy atom. The number of aliphatic carboxylic acids is 1. The number of rotatable bonds is 7. The lowest BCUT2D eigenvalue weighted by molar-refractivity contribution is -0.136. The molecule has 4 nitrogen and oxygen atoms in total. The van der Waals surface area contributed by atoms with Crippen molar-refractivity contribution in [2.75, 3.05) is 6.61 Å². The Kier molecular flexibility index (Phi) is 5.75. The summed E-state index contributed by atoms with van der Waals surface area (Å²) < 4.78 is 5.69. The van der Waals surface area contributed by atoms with Crippen molar-refractivity contribution in [2.24, 2.45) is 0 Å². The third-order valence-electron chi connectivity index (χ3n) is 4.98. The van der Waals surface area contributed by atoms with Crippen molar-refractivity contribution < 1.29 is 14.6 Å². The van der Waals surface area contributed by atoms with E-state index in [1.165, 1.54) is 0 Å². The highest BCUT2D eigenvalue weighted by Gasteiger charge is 2.20. The molecule has 0 atom stereocenters. The number of benzene rings is 3. The van der Waals surface area contributed by atoms with Crippen molar-refractivity contribution >= 4 is 16.9 Å². The number of carboxylic acids is 1. The van der Waals surface area contributed by atoms with Gasteiger partial charge in [-0.3, -0.25) is 4.79 Å². The summed E-state index contributed by atoms with van der Waals surface area (Å²) in [4.78, 5) is 16.7. The monoisotopic (exact) mass is 397 g/mol. The normalized spacial score (nSPS) is 10.8. The molecule has 1 aromatic heterocycles. The van der Waals surface area contributed by atoms with Gasteiger partial charge in [0.25, 0.3) is 0 Å². The topological polar surface area (TPSA) is 59.4 Å². The van der Waals surface area contributed by atoms with Gasteiger partial charge >= 0.3 is 5.97 Å². The maximum Gasteiger partial charge on any atom is 0.307 e. The Morgan fingerprint density at radius 2 is 1.60 bits per heavy atom. The first kappa shape index (κ1) is 19.6. The SMILES string of the molecule is CCCOc1ccc(-c2nc3ccccc3c(-c3ccccc3)c2CC(=O)O)cc1. The van der Waals surface area contributed by atoms with Crippen LogP contribution in [0.15, 0.2) is 78.9 Å². The molecule has 150 valence electrons. The molecule has 1 N–H and O–H groups in total. The predicted octanol–water partition coefficient (Wildman–Crippen LogP) is 5.98. The number of pyridine rings is 1. The third-order valence-corrected chi connectivity index (χ3v) is 4.98. The average molecular weight is 397 g/mol. The molecule has 1 heterocycles. The van der Waals surface area contributed by atoms with Crippen LogP contribution < -0.4 is 4.74 Å². The molecular formula is C26H23NO3. The number of para-hydroxylation sites is 1. The number of fused-ring (bicyclic) bond motifs is 1. The van der Waals surface area contributed by atoms with Gasteiger partial charge in [-0.2, -0.15) is 0 Å². The van der Waals surface area contributed by atoms with Gasteiger partial charge < -0.3 is 9.84 Å². The number of nitrogens with zero attached hydrogens (tertiary/aromatic N) is 1. The van der Waals surface area contributed by atoms with Crippen LogP contribution in [0.4, 0.5) is 0 Å². The summed E-state index contributed by atoms with van der Waals surface area (Å²) >= 11 is 0. The largest absolute Gasteiger partial charge is 0.494 e. The van der Waals surface area contributed by atoms with E-state index in [2.05, 4.69) is 6.92 Å². The van der Waals surface area contributed by atoms with Crippen molar-refractivity contribution in [3.8, 4) is 28.1 Å². The van der Waals surface area contributed by atoms with Gasteiger partial charge in [0.1, 0.15) is 5.75 Å². The van der Waals surface area contributed by atoms with Crippen molar-refractivity contribution in [3.05, 3.63) is 84.4 Å². The molecule has 4 aromatic rings. The van der Waals surface area contributed by atoms with E-state index in [0.717, 1.165) is 45.3 Å². The second kappa shape index (κ2) is 8.78. The summed E-state index contributed by atoms with van der Waals surface area (Å²) in [5, 5.41) is 10.6. The third kappa shape index (κ3) is 4.03. The molecule has 30 heavy (non-hydrogen) atoms.